The molecule has 1 aliphatic heterocycles. The number of carbonyl (C=O) groups is 1. The molecule has 5 nitrogen and oxygen atoms in total. The molecule has 1 atom stereocenters. The second kappa shape index (κ2) is 8.73. The van der Waals surface area contributed by atoms with Gasteiger partial charge in [-0.2, -0.15) is 0 Å². The number of hydrogen-bond acceptors (Lipinski definition) is 4. The normalized spacial score (nSPS) is 14.8. The average molecular weight is 431 g/mol. The molecule has 5 heteroatoms. The second-order valence-electron chi connectivity index (χ2n) is 8.93. The fourth-order valence-electron chi connectivity index (χ4n) is 4.55. The molecule has 32 heavy (non-hydrogen) atoms. The predicted octanol–water partition coefficient (Wildman–Crippen LogP) is 5.63. The SMILES string of the molecule is CCCC(=O)c1cn2c(cc1=O)-c1cc(OC)c(-c3ccc(C)nc3)cc1CC2C(C)C. The molecule has 3 heterocycles. The predicted molar refractivity (Wildman–Crippen MR) is 127 cm³/mol. The average Bonchev–Trinajstić information content (AvgIpc) is 2.77. The number of Topliss-reactive ketones (excluding diaryl/α,β-unsaturated/α-hetero) is 1. The van der Waals surface area contributed by atoms with Gasteiger partial charge >= 0.3 is 0 Å². The molecular formula is C27H30N2O3. The smallest absolute Gasteiger partial charge is 0.192 e. The summed E-state index contributed by atoms with van der Waals surface area (Å²) in [6.45, 7) is 8.28. The van der Waals surface area contributed by atoms with Crippen molar-refractivity contribution in [2.45, 2.75) is 53.0 Å². The number of fused-ring (bicyclic) bond motifs is 3. The minimum absolute atomic E-state index is 0.0825. The molecule has 0 spiro atoms. The Morgan fingerprint density at radius 1 is 1.22 bits per heavy atom. The van der Waals surface area contributed by atoms with Gasteiger partial charge in [0.1, 0.15) is 5.75 Å². The minimum Gasteiger partial charge on any atom is -0.496 e. The Balaban J connectivity index is 1.92. The van der Waals surface area contributed by atoms with Crippen molar-refractivity contribution in [3.8, 4) is 28.1 Å². The first-order chi connectivity index (χ1) is 15.3. The van der Waals surface area contributed by atoms with Crippen molar-refractivity contribution in [3.05, 3.63) is 69.8 Å². The van der Waals surface area contributed by atoms with Crippen LogP contribution < -0.4 is 10.2 Å². The van der Waals surface area contributed by atoms with Gasteiger partial charge in [0.05, 0.1) is 18.4 Å². The van der Waals surface area contributed by atoms with E-state index in [2.05, 4.69) is 35.5 Å². The molecule has 0 saturated heterocycles. The van der Waals surface area contributed by atoms with E-state index in [0.717, 1.165) is 46.7 Å². The van der Waals surface area contributed by atoms with Gasteiger partial charge in [0.2, 0.25) is 0 Å². The van der Waals surface area contributed by atoms with E-state index < -0.39 is 0 Å². The van der Waals surface area contributed by atoms with E-state index >= 15 is 0 Å². The number of ketones is 1. The molecule has 4 rings (SSSR count). The molecule has 166 valence electrons. The van der Waals surface area contributed by atoms with Crippen LogP contribution in [0.15, 0.2) is 47.5 Å². The topological polar surface area (TPSA) is 61.2 Å². The van der Waals surface area contributed by atoms with Gasteiger partial charge in [0, 0.05) is 53.3 Å². The molecule has 0 bridgehead atoms. The lowest BCUT2D eigenvalue weighted by atomic mass is 9.85. The lowest BCUT2D eigenvalue weighted by Crippen LogP contribution is -2.28. The maximum Gasteiger partial charge on any atom is 0.192 e. The Morgan fingerprint density at radius 2 is 2.00 bits per heavy atom. The van der Waals surface area contributed by atoms with E-state index in [1.807, 2.05) is 32.2 Å². The molecule has 3 aromatic rings. The van der Waals surface area contributed by atoms with Crippen LogP contribution in [0.25, 0.3) is 22.4 Å². The first-order valence-corrected chi connectivity index (χ1v) is 11.3. The summed E-state index contributed by atoms with van der Waals surface area (Å²) in [4.78, 5) is 29.9. The second-order valence-corrected chi connectivity index (χ2v) is 8.93. The van der Waals surface area contributed by atoms with Crippen LogP contribution in [0.5, 0.6) is 5.75 Å². The highest BCUT2D eigenvalue weighted by atomic mass is 16.5. The first-order valence-electron chi connectivity index (χ1n) is 11.3. The maximum atomic E-state index is 12.9. The fraction of sp³-hybridized carbons (Fsp3) is 0.370. The Kier molecular flexibility index (Phi) is 6.00. The van der Waals surface area contributed by atoms with Gasteiger partial charge < -0.3 is 9.30 Å². The molecule has 0 saturated carbocycles. The van der Waals surface area contributed by atoms with Crippen LogP contribution in [-0.2, 0) is 6.42 Å². The molecule has 1 aromatic carbocycles. The molecule has 1 unspecified atom stereocenters. The Bertz CT molecular complexity index is 1220. The van der Waals surface area contributed by atoms with E-state index in [-0.39, 0.29) is 17.3 Å². The zero-order valence-corrected chi connectivity index (χ0v) is 19.4. The molecule has 0 amide bonds. The van der Waals surface area contributed by atoms with Crippen LogP contribution in [0.2, 0.25) is 0 Å². The number of ether oxygens (including phenoxy) is 1. The third-order valence-electron chi connectivity index (χ3n) is 6.34. The molecule has 1 aliphatic rings. The summed E-state index contributed by atoms with van der Waals surface area (Å²) in [6, 6.07) is 10.0. The minimum atomic E-state index is -0.212. The number of aryl methyl sites for hydroxylation is 1. The van der Waals surface area contributed by atoms with Crippen molar-refractivity contribution in [1.82, 2.24) is 9.55 Å². The van der Waals surface area contributed by atoms with Gasteiger partial charge in [-0.05, 0) is 49.4 Å². The summed E-state index contributed by atoms with van der Waals surface area (Å²) >= 11 is 0. The molecule has 0 N–H and O–H groups in total. The van der Waals surface area contributed by atoms with Crippen molar-refractivity contribution < 1.29 is 9.53 Å². The van der Waals surface area contributed by atoms with E-state index in [1.54, 1.807) is 19.4 Å². The van der Waals surface area contributed by atoms with Crippen LogP contribution in [0, 0.1) is 12.8 Å². The lowest BCUT2D eigenvalue weighted by Gasteiger charge is -2.34. The third-order valence-corrected chi connectivity index (χ3v) is 6.34. The molecular weight excluding hydrogens is 400 g/mol. The number of methoxy groups -OCH3 is 1. The Hall–Kier alpha value is -3.21. The summed E-state index contributed by atoms with van der Waals surface area (Å²) in [5.41, 5.74) is 6.03. The number of rotatable bonds is 6. The highest BCUT2D eigenvalue weighted by Gasteiger charge is 2.29. The number of nitrogens with zero attached hydrogens (tertiary/aromatic N) is 2. The van der Waals surface area contributed by atoms with Crippen LogP contribution in [-0.4, -0.2) is 22.4 Å². The van der Waals surface area contributed by atoms with Crippen LogP contribution in [0.1, 0.15) is 61.3 Å². The summed E-state index contributed by atoms with van der Waals surface area (Å²) in [5.74, 6) is 0.994. The van der Waals surface area contributed by atoms with Gasteiger partial charge in [0.25, 0.3) is 0 Å². The monoisotopic (exact) mass is 430 g/mol. The molecule has 0 fully saturated rings. The largest absolute Gasteiger partial charge is 0.496 e. The van der Waals surface area contributed by atoms with Crippen molar-refractivity contribution in [2.24, 2.45) is 5.92 Å². The van der Waals surface area contributed by atoms with Gasteiger partial charge in [-0.25, -0.2) is 0 Å². The van der Waals surface area contributed by atoms with Crippen molar-refractivity contribution in [1.29, 1.82) is 0 Å². The van der Waals surface area contributed by atoms with E-state index in [4.69, 9.17) is 4.74 Å². The van der Waals surface area contributed by atoms with Crippen molar-refractivity contribution in [3.63, 3.8) is 0 Å². The van der Waals surface area contributed by atoms with Crippen molar-refractivity contribution in [2.75, 3.05) is 7.11 Å². The molecule has 0 radical (unpaired) electrons. The Labute approximate surface area is 189 Å². The van der Waals surface area contributed by atoms with Gasteiger partial charge in [-0.15, -0.1) is 0 Å². The number of hydrogen-bond donors (Lipinski definition) is 0. The number of aromatic nitrogens is 2. The van der Waals surface area contributed by atoms with Gasteiger partial charge in [-0.3, -0.25) is 14.6 Å². The van der Waals surface area contributed by atoms with E-state index in [1.165, 1.54) is 5.56 Å². The van der Waals surface area contributed by atoms with Crippen molar-refractivity contribution >= 4 is 5.78 Å². The summed E-state index contributed by atoms with van der Waals surface area (Å²) in [7, 11) is 1.66. The molecule has 0 aliphatic carbocycles. The quantitative estimate of drug-likeness (QED) is 0.476. The van der Waals surface area contributed by atoms with Crippen LogP contribution >= 0.6 is 0 Å². The number of carbonyl (C=O) groups excluding carboxylic acids is 1. The lowest BCUT2D eigenvalue weighted by molar-refractivity contribution is 0.0979. The number of benzene rings is 1. The van der Waals surface area contributed by atoms with Crippen LogP contribution in [0.3, 0.4) is 0 Å². The van der Waals surface area contributed by atoms with Gasteiger partial charge in [0.15, 0.2) is 11.2 Å². The molecule has 2 aromatic heterocycles. The van der Waals surface area contributed by atoms with E-state index in [0.29, 0.717) is 17.9 Å². The summed E-state index contributed by atoms with van der Waals surface area (Å²) in [5, 5.41) is 0. The zero-order chi connectivity index (χ0) is 23.0. The van der Waals surface area contributed by atoms with Gasteiger partial charge in [-0.1, -0.05) is 26.8 Å². The highest BCUT2D eigenvalue weighted by Crippen LogP contribution is 2.42. The Morgan fingerprint density at radius 3 is 2.62 bits per heavy atom. The zero-order valence-electron chi connectivity index (χ0n) is 19.4. The first kappa shape index (κ1) is 22.0. The van der Waals surface area contributed by atoms with E-state index in [9.17, 15) is 9.59 Å². The summed E-state index contributed by atoms with van der Waals surface area (Å²) in [6.07, 6.45) is 5.59. The summed E-state index contributed by atoms with van der Waals surface area (Å²) < 4.78 is 7.87. The highest BCUT2D eigenvalue weighted by molar-refractivity contribution is 5.96. The maximum absolute atomic E-state index is 12.9. The standard InChI is InChI=1S/C27H30N2O3/c1-6-7-25(30)22-15-29-23(16(2)3)11-19-10-21(18-9-8-17(4)28-14-18)27(32-5)12-20(19)24(29)13-26(22)31/h8-10,12-16,23H,6-7,11H2,1-5H3. The number of pyridine rings is 2. The third kappa shape index (κ3) is 3.88. The fourth-order valence-corrected chi connectivity index (χ4v) is 4.55. The van der Waals surface area contributed by atoms with Crippen LogP contribution in [0.4, 0.5) is 0 Å².